The van der Waals surface area contributed by atoms with Crippen molar-refractivity contribution in [2.24, 2.45) is 0 Å². The van der Waals surface area contributed by atoms with Gasteiger partial charge in [-0.3, -0.25) is 0 Å². The molecule has 0 radical (unpaired) electrons. The summed E-state index contributed by atoms with van der Waals surface area (Å²) in [6.07, 6.45) is 1.55. The second-order valence-electron chi connectivity index (χ2n) is 2.99. The molecule has 0 unspecified atom stereocenters. The molecule has 2 N–H and O–H groups in total. The molecule has 2 heterocycles. The van der Waals surface area contributed by atoms with Gasteiger partial charge in [-0.2, -0.15) is 4.37 Å². The van der Waals surface area contributed by atoms with Crippen molar-refractivity contribution in [2.75, 3.05) is 5.73 Å². The van der Waals surface area contributed by atoms with Gasteiger partial charge in [0.25, 0.3) is 0 Å². The van der Waals surface area contributed by atoms with E-state index in [4.69, 9.17) is 5.73 Å². The zero-order valence-corrected chi connectivity index (χ0v) is 10.4. The van der Waals surface area contributed by atoms with Gasteiger partial charge in [0.1, 0.15) is 11.8 Å². The van der Waals surface area contributed by atoms with Crippen LogP contribution in [0, 0.1) is 0 Å². The van der Waals surface area contributed by atoms with Crippen LogP contribution < -0.4 is 5.73 Å². The predicted molar refractivity (Wildman–Crippen MR) is 68.1 cm³/mol. The van der Waals surface area contributed by atoms with Crippen molar-refractivity contribution < 1.29 is 0 Å². The highest BCUT2D eigenvalue weighted by Gasteiger charge is 2.09. The van der Waals surface area contributed by atoms with E-state index in [2.05, 4.69) is 14.3 Å². The highest BCUT2D eigenvalue weighted by atomic mass is 32.2. The first-order chi connectivity index (χ1) is 7.84. The highest BCUT2D eigenvalue weighted by Crippen LogP contribution is 2.36. The molecule has 3 rings (SSSR count). The van der Waals surface area contributed by atoms with Gasteiger partial charge in [0, 0.05) is 4.90 Å². The van der Waals surface area contributed by atoms with Crippen LogP contribution in [0.5, 0.6) is 0 Å². The van der Waals surface area contributed by atoms with Crippen molar-refractivity contribution in [1.82, 2.24) is 14.3 Å². The summed E-state index contributed by atoms with van der Waals surface area (Å²) in [5.41, 5.74) is 9.46. The molecule has 0 aliphatic heterocycles. The largest absolute Gasteiger partial charge is 0.396 e. The van der Waals surface area contributed by atoms with Gasteiger partial charge >= 0.3 is 0 Å². The minimum Gasteiger partial charge on any atom is -0.396 e. The molecule has 0 atom stereocenters. The number of thiazole rings is 1. The standard InChI is InChI=1S/C9H6N4S3/c10-7-5(15-9-11-3-13-16-9)1-2-6-8(7)12-4-14-6/h1-4H,10H2. The molecule has 1 aromatic carbocycles. The molecule has 0 aliphatic rings. The molecule has 0 spiro atoms. The average molecular weight is 266 g/mol. The number of hydrogen-bond acceptors (Lipinski definition) is 7. The minimum absolute atomic E-state index is 0.721. The van der Waals surface area contributed by atoms with Gasteiger partial charge in [-0.05, 0) is 23.7 Å². The Morgan fingerprint density at radius 3 is 3.00 bits per heavy atom. The van der Waals surface area contributed by atoms with Crippen molar-refractivity contribution in [1.29, 1.82) is 0 Å². The van der Waals surface area contributed by atoms with Crippen LogP contribution in [0.1, 0.15) is 0 Å². The predicted octanol–water partition coefficient (Wildman–Crippen LogP) is 2.88. The third-order valence-electron chi connectivity index (χ3n) is 2.04. The van der Waals surface area contributed by atoms with Crippen molar-refractivity contribution in [3.05, 3.63) is 24.0 Å². The summed E-state index contributed by atoms with van der Waals surface area (Å²) in [5.74, 6) is 0. The molecule has 0 bridgehead atoms. The van der Waals surface area contributed by atoms with Gasteiger partial charge in [0.2, 0.25) is 0 Å². The summed E-state index contributed by atoms with van der Waals surface area (Å²) in [6, 6.07) is 4.04. The Labute approximate surface area is 104 Å². The van der Waals surface area contributed by atoms with Gasteiger partial charge in [-0.25, -0.2) is 9.97 Å². The van der Waals surface area contributed by atoms with E-state index in [9.17, 15) is 0 Å². The number of rotatable bonds is 2. The molecule has 0 amide bonds. The lowest BCUT2D eigenvalue weighted by Crippen LogP contribution is -1.89. The van der Waals surface area contributed by atoms with Gasteiger partial charge in [-0.1, -0.05) is 11.8 Å². The fraction of sp³-hybridized carbons (Fsp3) is 0. The van der Waals surface area contributed by atoms with E-state index in [1.165, 1.54) is 23.3 Å². The second-order valence-corrected chi connectivity index (χ2v) is 5.94. The first kappa shape index (κ1) is 10.0. The maximum absolute atomic E-state index is 6.06. The lowest BCUT2D eigenvalue weighted by Gasteiger charge is -2.02. The third kappa shape index (κ3) is 1.66. The SMILES string of the molecule is Nc1c(Sc2ncns2)ccc2scnc12. The molecular formula is C9H6N4S3. The molecule has 16 heavy (non-hydrogen) atoms. The molecule has 4 nitrogen and oxygen atoms in total. The van der Waals surface area contributed by atoms with E-state index in [1.807, 2.05) is 12.1 Å². The van der Waals surface area contributed by atoms with Crippen LogP contribution in [0.25, 0.3) is 10.2 Å². The van der Waals surface area contributed by atoms with E-state index in [1.54, 1.807) is 23.2 Å². The van der Waals surface area contributed by atoms with E-state index >= 15 is 0 Å². The van der Waals surface area contributed by atoms with E-state index in [0.29, 0.717) is 0 Å². The minimum atomic E-state index is 0.721. The highest BCUT2D eigenvalue weighted by molar-refractivity contribution is 8.01. The number of hydrogen-bond donors (Lipinski definition) is 1. The van der Waals surface area contributed by atoms with Gasteiger partial charge < -0.3 is 5.73 Å². The Morgan fingerprint density at radius 2 is 2.19 bits per heavy atom. The van der Waals surface area contributed by atoms with Crippen molar-refractivity contribution in [3.63, 3.8) is 0 Å². The first-order valence-corrected chi connectivity index (χ1v) is 6.88. The molecule has 7 heteroatoms. The topological polar surface area (TPSA) is 64.7 Å². The van der Waals surface area contributed by atoms with E-state index in [-0.39, 0.29) is 0 Å². The fourth-order valence-electron chi connectivity index (χ4n) is 1.32. The zero-order valence-electron chi connectivity index (χ0n) is 7.95. The van der Waals surface area contributed by atoms with Crippen molar-refractivity contribution in [3.8, 4) is 0 Å². The summed E-state index contributed by atoms with van der Waals surface area (Å²) in [5, 5.41) is 0. The molecule has 0 fully saturated rings. The number of benzene rings is 1. The molecule has 0 saturated carbocycles. The third-order valence-corrected chi connectivity index (χ3v) is 4.62. The van der Waals surface area contributed by atoms with Gasteiger partial charge in [-0.15, -0.1) is 11.3 Å². The average Bonchev–Trinajstić information content (AvgIpc) is 2.93. The lowest BCUT2D eigenvalue weighted by atomic mass is 10.3. The number of fused-ring (bicyclic) bond motifs is 1. The van der Waals surface area contributed by atoms with E-state index < -0.39 is 0 Å². The van der Waals surface area contributed by atoms with Crippen molar-refractivity contribution in [2.45, 2.75) is 9.24 Å². The van der Waals surface area contributed by atoms with Crippen LogP contribution in [0.2, 0.25) is 0 Å². The second kappa shape index (κ2) is 4.00. The van der Waals surface area contributed by atoms with Crippen LogP contribution in [0.4, 0.5) is 5.69 Å². The molecule has 2 aromatic heterocycles. The summed E-state index contributed by atoms with van der Waals surface area (Å²) < 4.78 is 5.96. The summed E-state index contributed by atoms with van der Waals surface area (Å²) >= 11 is 4.48. The Kier molecular flexibility index (Phi) is 2.50. The fourth-order valence-corrected chi connectivity index (χ4v) is 3.47. The number of nitrogens with two attached hydrogens (primary N) is 1. The smallest absolute Gasteiger partial charge is 0.174 e. The molecular weight excluding hydrogens is 260 g/mol. The summed E-state index contributed by atoms with van der Waals surface area (Å²) in [6.45, 7) is 0. The number of anilines is 1. The summed E-state index contributed by atoms with van der Waals surface area (Å²) in [7, 11) is 0. The Bertz CT molecular complexity index is 617. The molecule has 0 saturated heterocycles. The summed E-state index contributed by atoms with van der Waals surface area (Å²) in [4.78, 5) is 9.35. The Balaban J connectivity index is 2.07. The first-order valence-electron chi connectivity index (χ1n) is 4.41. The van der Waals surface area contributed by atoms with Crippen LogP contribution >= 0.6 is 34.6 Å². The molecule has 0 aliphatic carbocycles. The van der Waals surface area contributed by atoms with E-state index in [0.717, 1.165) is 25.1 Å². The number of nitrogens with zero attached hydrogens (tertiary/aromatic N) is 3. The molecule has 80 valence electrons. The number of aromatic nitrogens is 3. The van der Waals surface area contributed by atoms with Gasteiger partial charge in [0.05, 0.1) is 15.9 Å². The van der Waals surface area contributed by atoms with Crippen LogP contribution in [0.3, 0.4) is 0 Å². The van der Waals surface area contributed by atoms with Crippen LogP contribution in [-0.4, -0.2) is 14.3 Å². The van der Waals surface area contributed by atoms with Gasteiger partial charge in [0.15, 0.2) is 4.34 Å². The maximum Gasteiger partial charge on any atom is 0.174 e. The van der Waals surface area contributed by atoms with Crippen LogP contribution in [-0.2, 0) is 0 Å². The quantitative estimate of drug-likeness (QED) is 0.722. The Morgan fingerprint density at radius 1 is 1.25 bits per heavy atom. The monoisotopic (exact) mass is 266 g/mol. The zero-order chi connectivity index (χ0) is 11.0. The van der Waals surface area contributed by atoms with Crippen molar-refractivity contribution >= 4 is 50.5 Å². The number of nitrogen functional groups attached to an aromatic ring is 1. The lowest BCUT2D eigenvalue weighted by molar-refractivity contribution is 1.21. The Hall–Kier alpha value is -1.18. The molecule has 3 aromatic rings. The maximum atomic E-state index is 6.06. The normalized spacial score (nSPS) is 11.0. The van der Waals surface area contributed by atoms with Crippen LogP contribution in [0.15, 0.2) is 33.2 Å².